The van der Waals surface area contributed by atoms with Gasteiger partial charge in [0.05, 0.1) is 35.7 Å². The number of nitrogens with two attached hydrogens (primary N) is 1. The number of carbonyl (C=O) groups is 1. The van der Waals surface area contributed by atoms with E-state index in [1.165, 1.54) is 25.7 Å². The van der Waals surface area contributed by atoms with Crippen molar-refractivity contribution in [1.82, 2.24) is 19.9 Å². The van der Waals surface area contributed by atoms with Crippen LogP contribution in [0.2, 0.25) is 5.02 Å². The van der Waals surface area contributed by atoms with Gasteiger partial charge in [-0.3, -0.25) is 14.8 Å². The number of pyridine rings is 1. The second-order valence-corrected chi connectivity index (χ2v) is 8.01. The average molecular weight is 464 g/mol. The Morgan fingerprint density at radius 1 is 1.38 bits per heavy atom. The molecule has 32 heavy (non-hydrogen) atoms. The molecule has 0 bridgehead atoms. The van der Waals surface area contributed by atoms with Crippen LogP contribution in [0.4, 0.5) is 14.7 Å². The van der Waals surface area contributed by atoms with E-state index in [2.05, 4.69) is 25.3 Å². The third-order valence-electron chi connectivity index (χ3n) is 5.15. The molecule has 0 saturated carbocycles. The lowest BCUT2D eigenvalue weighted by molar-refractivity contribution is -0.148. The van der Waals surface area contributed by atoms with Crippen LogP contribution >= 0.6 is 11.6 Å². The summed E-state index contributed by atoms with van der Waals surface area (Å²) in [4.78, 5) is 30.7. The van der Waals surface area contributed by atoms with Gasteiger partial charge in [-0.2, -0.15) is 0 Å². The minimum atomic E-state index is -3.04. The zero-order chi connectivity index (χ0) is 23.3. The lowest BCUT2D eigenvalue weighted by atomic mass is 9.88. The summed E-state index contributed by atoms with van der Waals surface area (Å²) in [6.45, 7) is 1.09. The number of amides is 1. The number of halogens is 3. The number of anilines is 1. The number of hydrogen-bond donors (Lipinski definition) is 2. The molecule has 170 valence electrons. The van der Waals surface area contributed by atoms with Crippen LogP contribution in [0.15, 0.2) is 47.5 Å². The third kappa shape index (κ3) is 5.56. The molecular formula is C21H24ClF2N7O. The minimum absolute atomic E-state index is 0.165. The van der Waals surface area contributed by atoms with E-state index in [1.807, 2.05) is 0 Å². The maximum Gasteiger partial charge on any atom is 0.271 e. The summed E-state index contributed by atoms with van der Waals surface area (Å²) >= 11 is 5.80. The van der Waals surface area contributed by atoms with E-state index in [1.54, 1.807) is 31.3 Å². The summed E-state index contributed by atoms with van der Waals surface area (Å²) in [6, 6.07) is 4.56. The van der Waals surface area contributed by atoms with Crippen LogP contribution in [-0.2, 0) is 4.79 Å². The SMILES string of the molecule is CN=CC(=C(N)C(=O)N1CC(F)(F)C[C@@H](C)C1CNc1ncc(Cl)cn1)c1ccccn1. The van der Waals surface area contributed by atoms with E-state index in [0.29, 0.717) is 10.7 Å². The Balaban J connectivity index is 1.91. The van der Waals surface area contributed by atoms with Gasteiger partial charge in [0.25, 0.3) is 11.8 Å². The number of hydrogen-bond acceptors (Lipinski definition) is 7. The first-order chi connectivity index (χ1) is 15.2. The molecule has 0 aromatic carbocycles. The Labute approximate surface area is 189 Å². The monoisotopic (exact) mass is 463 g/mol. The topological polar surface area (TPSA) is 109 Å². The predicted octanol–water partition coefficient (Wildman–Crippen LogP) is 2.88. The van der Waals surface area contributed by atoms with Crippen molar-refractivity contribution in [2.24, 2.45) is 16.6 Å². The smallest absolute Gasteiger partial charge is 0.271 e. The van der Waals surface area contributed by atoms with Gasteiger partial charge in [0, 0.05) is 38.0 Å². The molecule has 0 aliphatic carbocycles. The highest BCUT2D eigenvalue weighted by Gasteiger charge is 2.46. The molecule has 3 rings (SSSR count). The van der Waals surface area contributed by atoms with E-state index in [9.17, 15) is 13.6 Å². The standard InChI is InChI=1S/C21H24ClF2N7O/c1-13-7-21(23,24)12-31(17(13)11-30-20-28-8-14(22)9-29-20)19(32)18(25)15(10-26-2)16-5-3-4-6-27-16/h3-6,8-10,13,17H,7,11-12,25H2,1-2H3,(H,28,29,30)/t13-,17?/m1/s1. The second-order valence-electron chi connectivity index (χ2n) is 7.57. The van der Waals surface area contributed by atoms with E-state index in [0.717, 1.165) is 4.90 Å². The zero-order valence-electron chi connectivity index (χ0n) is 17.7. The number of piperidine rings is 1. The second kappa shape index (κ2) is 9.99. The number of alkyl halides is 2. The van der Waals surface area contributed by atoms with Crippen molar-refractivity contribution in [3.63, 3.8) is 0 Å². The maximum absolute atomic E-state index is 14.4. The van der Waals surface area contributed by atoms with Gasteiger partial charge in [-0.15, -0.1) is 0 Å². The fraction of sp³-hybridized carbons (Fsp3) is 0.381. The van der Waals surface area contributed by atoms with Gasteiger partial charge in [-0.25, -0.2) is 18.7 Å². The van der Waals surface area contributed by atoms with Gasteiger partial charge >= 0.3 is 0 Å². The Bertz CT molecular complexity index is 999. The van der Waals surface area contributed by atoms with E-state index in [-0.39, 0.29) is 30.2 Å². The first kappa shape index (κ1) is 23.5. The molecule has 1 amide bonds. The maximum atomic E-state index is 14.4. The Morgan fingerprint density at radius 2 is 2.09 bits per heavy atom. The summed E-state index contributed by atoms with van der Waals surface area (Å²) in [5.41, 5.74) is 6.67. The summed E-state index contributed by atoms with van der Waals surface area (Å²) in [5, 5.41) is 3.36. The molecule has 1 saturated heterocycles. The van der Waals surface area contributed by atoms with E-state index >= 15 is 0 Å². The van der Waals surface area contributed by atoms with Gasteiger partial charge in [-0.05, 0) is 18.1 Å². The summed E-state index contributed by atoms with van der Waals surface area (Å²) in [6.07, 6.45) is 5.44. The van der Waals surface area contributed by atoms with Crippen LogP contribution in [-0.4, -0.2) is 64.1 Å². The fourth-order valence-electron chi connectivity index (χ4n) is 3.67. The number of allylic oxidation sites excluding steroid dienone is 1. The molecule has 8 nitrogen and oxygen atoms in total. The first-order valence-corrected chi connectivity index (χ1v) is 10.3. The third-order valence-corrected chi connectivity index (χ3v) is 5.34. The molecule has 1 aliphatic heterocycles. The molecule has 1 unspecified atom stereocenters. The lowest BCUT2D eigenvalue weighted by Gasteiger charge is -2.43. The van der Waals surface area contributed by atoms with Crippen molar-refractivity contribution in [1.29, 1.82) is 0 Å². The van der Waals surface area contributed by atoms with Crippen LogP contribution in [0.1, 0.15) is 19.0 Å². The Hall–Kier alpha value is -3.14. The highest BCUT2D eigenvalue weighted by atomic mass is 35.5. The highest BCUT2D eigenvalue weighted by Crippen LogP contribution is 2.35. The molecule has 2 aromatic heterocycles. The number of aromatic nitrogens is 3. The van der Waals surface area contributed by atoms with E-state index < -0.39 is 30.3 Å². The molecule has 0 spiro atoms. The van der Waals surface area contributed by atoms with Crippen LogP contribution < -0.4 is 11.1 Å². The molecule has 3 heterocycles. The van der Waals surface area contributed by atoms with Gasteiger partial charge in [-0.1, -0.05) is 24.6 Å². The van der Waals surface area contributed by atoms with Crippen molar-refractivity contribution < 1.29 is 13.6 Å². The van der Waals surface area contributed by atoms with Crippen LogP contribution in [0.25, 0.3) is 5.57 Å². The number of rotatable bonds is 6. The molecule has 0 radical (unpaired) electrons. The Kier molecular flexibility index (Phi) is 7.34. The van der Waals surface area contributed by atoms with Crippen molar-refractivity contribution in [3.8, 4) is 0 Å². The number of carbonyl (C=O) groups excluding carboxylic acids is 1. The first-order valence-electron chi connectivity index (χ1n) is 9.95. The molecular weight excluding hydrogens is 440 g/mol. The number of nitrogens with zero attached hydrogens (tertiary/aromatic N) is 5. The van der Waals surface area contributed by atoms with Gasteiger partial charge in [0.15, 0.2) is 0 Å². The predicted molar refractivity (Wildman–Crippen MR) is 120 cm³/mol. The number of aliphatic imine (C=N–C) groups is 1. The van der Waals surface area contributed by atoms with Crippen molar-refractivity contribution in [3.05, 3.63) is 53.2 Å². The molecule has 3 N–H and O–H groups in total. The van der Waals surface area contributed by atoms with Gasteiger partial charge in [0.1, 0.15) is 5.70 Å². The van der Waals surface area contributed by atoms with Crippen LogP contribution in [0.3, 0.4) is 0 Å². The number of nitrogens with one attached hydrogen (secondary N) is 1. The summed E-state index contributed by atoms with van der Waals surface area (Å²) in [7, 11) is 1.52. The molecule has 2 atom stereocenters. The molecule has 1 aliphatic rings. The van der Waals surface area contributed by atoms with Crippen LogP contribution in [0.5, 0.6) is 0 Å². The van der Waals surface area contributed by atoms with E-state index in [4.69, 9.17) is 17.3 Å². The summed E-state index contributed by atoms with van der Waals surface area (Å²) < 4.78 is 28.9. The fourth-order valence-corrected chi connectivity index (χ4v) is 3.77. The van der Waals surface area contributed by atoms with Gasteiger partial charge < -0.3 is 16.0 Å². The normalized spacial score (nSPS) is 21.3. The lowest BCUT2D eigenvalue weighted by Crippen LogP contribution is -2.58. The number of likely N-dealkylation sites (tertiary alicyclic amines) is 1. The quantitative estimate of drug-likeness (QED) is 0.503. The van der Waals surface area contributed by atoms with Crippen molar-refractivity contribution in [2.75, 3.05) is 25.5 Å². The van der Waals surface area contributed by atoms with Crippen molar-refractivity contribution in [2.45, 2.75) is 25.3 Å². The molecule has 11 heteroatoms. The van der Waals surface area contributed by atoms with Crippen molar-refractivity contribution >= 4 is 35.2 Å². The minimum Gasteiger partial charge on any atom is -0.394 e. The zero-order valence-corrected chi connectivity index (χ0v) is 18.4. The summed E-state index contributed by atoms with van der Waals surface area (Å²) in [5.74, 6) is -3.97. The molecule has 2 aromatic rings. The largest absolute Gasteiger partial charge is 0.394 e. The Morgan fingerprint density at radius 3 is 2.72 bits per heavy atom. The average Bonchev–Trinajstić information content (AvgIpc) is 2.76. The highest BCUT2D eigenvalue weighted by molar-refractivity contribution is 6.30. The molecule has 1 fully saturated rings. The van der Waals surface area contributed by atoms with Crippen LogP contribution in [0, 0.1) is 5.92 Å². The van der Waals surface area contributed by atoms with Gasteiger partial charge in [0.2, 0.25) is 5.95 Å².